The van der Waals surface area contributed by atoms with E-state index in [1.54, 1.807) is 0 Å². The van der Waals surface area contributed by atoms with Gasteiger partial charge in [0.15, 0.2) is 0 Å². The highest BCUT2D eigenvalue weighted by atomic mass is 16.5. The molecule has 4 rings (SSSR count). The average molecular weight is 369 g/mol. The summed E-state index contributed by atoms with van der Waals surface area (Å²) in [6.45, 7) is 2.78. The Bertz CT molecular complexity index is 822. The van der Waals surface area contributed by atoms with Crippen LogP contribution in [0, 0.1) is 5.92 Å². The quantitative estimate of drug-likeness (QED) is 0.803. The van der Waals surface area contributed by atoms with Gasteiger partial charge in [0.2, 0.25) is 11.9 Å². The molecule has 8 nitrogen and oxygen atoms in total. The number of amides is 1. The molecule has 2 aliphatic rings. The number of anilines is 1. The molecule has 0 radical (unpaired) electrons. The first-order valence-corrected chi connectivity index (χ1v) is 9.12. The van der Waals surface area contributed by atoms with Gasteiger partial charge in [-0.25, -0.2) is 0 Å². The fourth-order valence-corrected chi connectivity index (χ4v) is 3.74. The van der Waals surface area contributed by atoms with Crippen molar-refractivity contribution in [3.8, 4) is 12.0 Å². The van der Waals surface area contributed by atoms with Gasteiger partial charge < -0.3 is 19.3 Å². The van der Waals surface area contributed by atoms with Gasteiger partial charge in [-0.05, 0) is 24.0 Å². The lowest BCUT2D eigenvalue weighted by atomic mass is 9.98. The molecule has 1 fully saturated rings. The Morgan fingerprint density at radius 2 is 1.74 bits per heavy atom. The van der Waals surface area contributed by atoms with Gasteiger partial charge in [0.25, 0.3) is 0 Å². The molecule has 142 valence electrons. The Morgan fingerprint density at radius 3 is 2.44 bits per heavy atom. The van der Waals surface area contributed by atoms with Crippen molar-refractivity contribution >= 4 is 11.9 Å². The third-order valence-electron chi connectivity index (χ3n) is 5.21. The van der Waals surface area contributed by atoms with E-state index in [1.807, 2.05) is 15.9 Å². The van der Waals surface area contributed by atoms with Crippen LogP contribution in [0.5, 0.6) is 12.0 Å². The van der Waals surface area contributed by atoms with Gasteiger partial charge in [0, 0.05) is 26.2 Å². The summed E-state index contributed by atoms with van der Waals surface area (Å²) in [7, 11) is 3.01. The van der Waals surface area contributed by atoms with Crippen LogP contribution in [0.25, 0.3) is 0 Å². The van der Waals surface area contributed by atoms with E-state index in [1.165, 1.54) is 25.3 Å². The number of ether oxygens (including phenoxy) is 2. The van der Waals surface area contributed by atoms with Gasteiger partial charge in [-0.15, -0.1) is 4.98 Å². The monoisotopic (exact) mass is 369 g/mol. The Kier molecular flexibility index (Phi) is 4.79. The highest BCUT2D eigenvalue weighted by Gasteiger charge is 2.34. The number of hydrogen-bond donors (Lipinski definition) is 0. The van der Waals surface area contributed by atoms with Crippen molar-refractivity contribution in [3.63, 3.8) is 0 Å². The smallest absolute Gasteiger partial charge is 0.324 e. The zero-order valence-electron chi connectivity index (χ0n) is 15.6. The summed E-state index contributed by atoms with van der Waals surface area (Å²) >= 11 is 0. The van der Waals surface area contributed by atoms with Gasteiger partial charge in [0.1, 0.15) is 0 Å². The van der Waals surface area contributed by atoms with Crippen LogP contribution in [-0.4, -0.2) is 59.6 Å². The number of aromatic nitrogens is 3. The van der Waals surface area contributed by atoms with Gasteiger partial charge in [-0.1, -0.05) is 24.3 Å². The second-order valence-corrected chi connectivity index (χ2v) is 6.82. The summed E-state index contributed by atoms with van der Waals surface area (Å²) < 4.78 is 10.2. The van der Waals surface area contributed by atoms with Crippen LogP contribution in [0.4, 0.5) is 5.95 Å². The first-order chi connectivity index (χ1) is 13.2. The van der Waals surface area contributed by atoms with Gasteiger partial charge in [0.05, 0.1) is 20.1 Å². The van der Waals surface area contributed by atoms with Gasteiger partial charge in [-0.3, -0.25) is 4.79 Å². The molecule has 1 aromatic heterocycles. The van der Waals surface area contributed by atoms with E-state index in [4.69, 9.17) is 9.47 Å². The first-order valence-electron chi connectivity index (χ1n) is 9.12. The number of rotatable bonds is 4. The Hall–Kier alpha value is -2.90. The standard InChI is InChI=1S/C19H23N5O3/c1-26-18-20-17(21-19(22-18)27-2)24-10-8-15(12-24)16(25)23-9-7-13-5-3-4-6-14(13)11-23/h3-6,15H,7-12H2,1-2H3. The second-order valence-electron chi connectivity index (χ2n) is 6.82. The number of nitrogens with zero attached hydrogens (tertiary/aromatic N) is 5. The maximum atomic E-state index is 13.0. The predicted molar refractivity (Wildman–Crippen MR) is 98.8 cm³/mol. The SMILES string of the molecule is COc1nc(OC)nc(N2CCC(C(=O)N3CCc4ccccc4C3)C2)n1. The van der Waals surface area contributed by atoms with Gasteiger partial charge in [-0.2, -0.15) is 9.97 Å². The number of hydrogen-bond acceptors (Lipinski definition) is 7. The van der Waals surface area contributed by atoms with Crippen LogP contribution in [-0.2, 0) is 17.8 Å². The fraction of sp³-hybridized carbons (Fsp3) is 0.474. The van der Waals surface area contributed by atoms with E-state index in [9.17, 15) is 4.79 Å². The number of methoxy groups -OCH3 is 2. The van der Waals surface area contributed by atoms with Crippen molar-refractivity contribution in [1.82, 2.24) is 19.9 Å². The van der Waals surface area contributed by atoms with E-state index in [0.29, 0.717) is 19.0 Å². The highest BCUT2D eigenvalue weighted by molar-refractivity contribution is 5.80. The van der Waals surface area contributed by atoms with Crippen LogP contribution in [0.1, 0.15) is 17.5 Å². The van der Waals surface area contributed by atoms with E-state index in [0.717, 1.165) is 25.9 Å². The molecule has 27 heavy (non-hydrogen) atoms. The summed E-state index contributed by atoms with van der Waals surface area (Å²) in [6, 6.07) is 8.77. The van der Waals surface area contributed by atoms with Crippen molar-refractivity contribution in [1.29, 1.82) is 0 Å². The molecule has 0 spiro atoms. The molecule has 1 atom stereocenters. The Morgan fingerprint density at radius 1 is 1.04 bits per heavy atom. The highest BCUT2D eigenvalue weighted by Crippen LogP contribution is 2.27. The second kappa shape index (κ2) is 7.38. The Labute approximate surface area is 158 Å². The molecule has 1 aromatic carbocycles. The molecule has 0 saturated carbocycles. The minimum absolute atomic E-state index is 0.0518. The lowest BCUT2D eigenvalue weighted by Crippen LogP contribution is -2.40. The number of benzene rings is 1. The molecule has 2 aromatic rings. The molecule has 3 heterocycles. The molecule has 0 bridgehead atoms. The molecular formula is C19H23N5O3. The van der Waals surface area contributed by atoms with E-state index >= 15 is 0 Å². The molecule has 1 saturated heterocycles. The van der Waals surface area contributed by atoms with Crippen molar-refractivity contribution in [3.05, 3.63) is 35.4 Å². The van der Waals surface area contributed by atoms with Crippen LogP contribution in [0.2, 0.25) is 0 Å². The molecule has 0 aliphatic carbocycles. The molecule has 0 N–H and O–H groups in total. The van der Waals surface area contributed by atoms with Gasteiger partial charge >= 0.3 is 12.0 Å². The van der Waals surface area contributed by atoms with Crippen molar-refractivity contribution < 1.29 is 14.3 Å². The average Bonchev–Trinajstić information content (AvgIpc) is 3.22. The number of fused-ring (bicyclic) bond motifs is 1. The maximum absolute atomic E-state index is 13.0. The molecule has 1 unspecified atom stereocenters. The third-order valence-corrected chi connectivity index (χ3v) is 5.21. The number of carbonyl (C=O) groups is 1. The summed E-state index contributed by atoms with van der Waals surface area (Å²) in [5.41, 5.74) is 2.60. The van der Waals surface area contributed by atoms with E-state index in [2.05, 4.69) is 33.2 Å². The summed E-state index contributed by atoms with van der Waals surface area (Å²) in [5, 5.41) is 0. The molecule has 8 heteroatoms. The van der Waals surface area contributed by atoms with E-state index < -0.39 is 0 Å². The summed E-state index contributed by atoms with van der Waals surface area (Å²) in [6.07, 6.45) is 1.70. The lowest BCUT2D eigenvalue weighted by Gasteiger charge is -2.31. The minimum Gasteiger partial charge on any atom is -0.467 e. The largest absolute Gasteiger partial charge is 0.467 e. The van der Waals surface area contributed by atoms with Crippen molar-refractivity contribution in [2.24, 2.45) is 5.92 Å². The molecule has 1 amide bonds. The normalized spacial score (nSPS) is 19.0. The summed E-state index contributed by atoms with van der Waals surface area (Å²) in [5.74, 6) is 0.641. The van der Waals surface area contributed by atoms with Crippen molar-refractivity contribution in [2.75, 3.05) is 38.8 Å². The number of carbonyl (C=O) groups excluding carboxylic acids is 1. The Balaban J connectivity index is 1.45. The first kappa shape index (κ1) is 17.5. The fourth-order valence-electron chi connectivity index (χ4n) is 3.74. The molecular weight excluding hydrogens is 346 g/mol. The maximum Gasteiger partial charge on any atom is 0.324 e. The third kappa shape index (κ3) is 3.51. The van der Waals surface area contributed by atoms with Crippen molar-refractivity contribution in [2.45, 2.75) is 19.4 Å². The van der Waals surface area contributed by atoms with Crippen LogP contribution in [0.3, 0.4) is 0 Å². The topological polar surface area (TPSA) is 80.7 Å². The predicted octanol–water partition coefficient (Wildman–Crippen LogP) is 1.30. The van der Waals surface area contributed by atoms with Crippen LogP contribution >= 0.6 is 0 Å². The zero-order chi connectivity index (χ0) is 18.8. The summed E-state index contributed by atoms with van der Waals surface area (Å²) in [4.78, 5) is 29.6. The molecule has 2 aliphatic heterocycles. The zero-order valence-corrected chi connectivity index (χ0v) is 15.6. The van der Waals surface area contributed by atoms with Crippen LogP contribution < -0.4 is 14.4 Å². The van der Waals surface area contributed by atoms with E-state index in [-0.39, 0.29) is 23.8 Å². The minimum atomic E-state index is -0.0518. The van der Waals surface area contributed by atoms with Crippen LogP contribution in [0.15, 0.2) is 24.3 Å². The lowest BCUT2D eigenvalue weighted by molar-refractivity contribution is -0.135.